The van der Waals surface area contributed by atoms with E-state index in [0.717, 1.165) is 31.5 Å². The summed E-state index contributed by atoms with van der Waals surface area (Å²) in [6.45, 7) is 5.64. The maximum atomic E-state index is 12.9. The highest BCUT2D eigenvalue weighted by molar-refractivity contribution is 5.76. The number of benzene rings is 1. The van der Waals surface area contributed by atoms with E-state index in [9.17, 15) is 9.18 Å². The minimum absolute atomic E-state index is 0.127. The zero-order chi connectivity index (χ0) is 16.7. The molecule has 0 spiro atoms. The quantitative estimate of drug-likeness (QED) is 0.737. The van der Waals surface area contributed by atoms with Crippen molar-refractivity contribution in [3.05, 3.63) is 42.2 Å². The summed E-state index contributed by atoms with van der Waals surface area (Å²) in [4.78, 5) is 18.3. The first-order valence-corrected chi connectivity index (χ1v) is 8.12. The zero-order valence-electron chi connectivity index (χ0n) is 13.7. The lowest BCUT2D eigenvalue weighted by atomic mass is 10.2. The Balaban J connectivity index is 1.91. The third-order valence-corrected chi connectivity index (χ3v) is 3.75. The Morgan fingerprint density at radius 2 is 2.00 bits per heavy atom. The van der Waals surface area contributed by atoms with E-state index in [1.165, 1.54) is 12.1 Å². The molecular formula is C18H23FN2O2. The van der Waals surface area contributed by atoms with Gasteiger partial charge in [0.05, 0.1) is 6.20 Å². The normalized spacial score (nSPS) is 10.7. The highest BCUT2D eigenvalue weighted by Gasteiger charge is 2.13. The molecular weight excluding hydrogens is 295 g/mol. The van der Waals surface area contributed by atoms with Crippen molar-refractivity contribution in [1.29, 1.82) is 0 Å². The highest BCUT2D eigenvalue weighted by atomic mass is 19.1. The van der Waals surface area contributed by atoms with Gasteiger partial charge in [0.2, 0.25) is 5.91 Å². The second-order valence-electron chi connectivity index (χ2n) is 5.45. The van der Waals surface area contributed by atoms with Crippen LogP contribution in [0.5, 0.6) is 0 Å². The predicted octanol–water partition coefficient (Wildman–Crippen LogP) is 4.06. The molecule has 1 aromatic heterocycles. The molecule has 0 aliphatic rings. The van der Waals surface area contributed by atoms with Crippen molar-refractivity contribution in [3.8, 4) is 11.3 Å². The molecule has 0 N–H and O–H groups in total. The summed E-state index contributed by atoms with van der Waals surface area (Å²) in [5.74, 6) is 0.961. The minimum Gasteiger partial charge on any atom is -0.441 e. The Bertz CT molecular complexity index is 622. The molecule has 2 rings (SSSR count). The average molecular weight is 318 g/mol. The molecule has 4 nitrogen and oxygen atoms in total. The van der Waals surface area contributed by atoms with E-state index < -0.39 is 0 Å². The molecule has 0 unspecified atom stereocenters. The molecule has 0 saturated carbocycles. The summed E-state index contributed by atoms with van der Waals surface area (Å²) in [7, 11) is 0. The number of unbranched alkanes of at least 4 members (excludes halogenated alkanes) is 1. The van der Waals surface area contributed by atoms with Crippen LogP contribution >= 0.6 is 0 Å². The van der Waals surface area contributed by atoms with Crippen LogP contribution in [-0.4, -0.2) is 28.9 Å². The smallest absolute Gasteiger partial charge is 0.223 e. The first-order valence-electron chi connectivity index (χ1n) is 8.12. The van der Waals surface area contributed by atoms with E-state index >= 15 is 0 Å². The van der Waals surface area contributed by atoms with E-state index in [-0.39, 0.29) is 11.7 Å². The number of nitrogens with zero attached hydrogens (tertiary/aromatic N) is 2. The molecule has 1 heterocycles. The number of amides is 1. The Labute approximate surface area is 136 Å². The van der Waals surface area contributed by atoms with Gasteiger partial charge < -0.3 is 9.32 Å². The Kier molecular flexibility index (Phi) is 6.32. The van der Waals surface area contributed by atoms with Crippen LogP contribution < -0.4 is 0 Å². The third kappa shape index (κ3) is 4.91. The Morgan fingerprint density at radius 3 is 2.65 bits per heavy atom. The van der Waals surface area contributed by atoms with Gasteiger partial charge in [-0.1, -0.05) is 13.3 Å². The van der Waals surface area contributed by atoms with Crippen molar-refractivity contribution in [3.63, 3.8) is 0 Å². The highest BCUT2D eigenvalue weighted by Crippen LogP contribution is 2.21. The number of aromatic nitrogens is 1. The van der Waals surface area contributed by atoms with Gasteiger partial charge >= 0.3 is 0 Å². The molecule has 2 aromatic rings. The summed E-state index contributed by atoms with van der Waals surface area (Å²) in [6.07, 6.45) is 4.57. The molecule has 5 heteroatoms. The summed E-state index contributed by atoms with van der Waals surface area (Å²) in [5.41, 5.74) is 0.773. The summed E-state index contributed by atoms with van der Waals surface area (Å²) in [5, 5.41) is 0. The van der Waals surface area contributed by atoms with Gasteiger partial charge in [0.25, 0.3) is 0 Å². The molecule has 0 saturated heterocycles. The number of hydrogen-bond donors (Lipinski definition) is 0. The standard InChI is InChI=1S/C18H23FN2O2/c1-3-5-12-21(4-2)18(22)11-10-17-20-13-16(23-17)14-6-8-15(19)9-7-14/h6-9,13H,3-5,10-12H2,1-2H3. The fourth-order valence-corrected chi connectivity index (χ4v) is 2.35. The topological polar surface area (TPSA) is 46.3 Å². The van der Waals surface area contributed by atoms with Crippen LogP contribution in [0.4, 0.5) is 4.39 Å². The van der Waals surface area contributed by atoms with Crippen molar-refractivity contribution in [1.82, 2.24) is 9.88 Å². The SMILES string of the molecule is CCCCN(CC)C(=O)CCc1ncc(-c2ccc(F)cc2)o1. The van der Waals surface area contributed by atoms with Gasteiger partial charge in [-0.2, -0.15) is 0 Å². The number of oxazole rings is 1. The maximum Gasteiger partial charge on any atom is 0.223 e. The number of rotatable bonds is 8. The molecule has 23 heavy (non-hydrogen) atoms. The molecule has 1 aromatic carbocycles. The van der Waals surface area contributed by atoms with E-state index in [2.05, 4.69) is 11.9 Å². The maximum absolute atomic E-state index is 12.9. The number of carbonyl (C=O) groups is 1. The average Bonchev–Trinajstić information content (AvgIpc) is 3.03. The van der Waals surface area contributed by atoms with Crippen LogP contribution in [-0.2, 0) is 11.2 Å². The molecule has 0 aliphatic carbocycles. The predicted molar refractivity (Wildman–Crippen MR) is 87.4 cm³/mol. The van der Waals surface area contributed by atoms with Crippen LogP contribution in [0.15, 0.2) is 34.9 Å². The van der Waals surface area contributed by atoms with Crippen LogP contribution in [0.1, 0.15) is 39.0 Å². The van der Waals surface area contributed by atoms with E-state index in [1.807, 2.05) is 11.8 Å². The van der Waals surface area contributed by atoms with E-state index in [4.69, 9.17) is 4.42 Å². The number of carbonyl (C=O) groups excluding carboxylic acids is 1. The van der Waals surface area contributed by atoms with Gasteiger partial charge in [-0.25, -0.2) is 9.37 Å². The molecule has 0 fully saturated rings. The largest absolute Gasteiger partial charge is 0.441 e. The van der Waals surface area contributed by atoms with Crippen molar-refractivity contribution in [2.45, 2.75) is 39.5 Å². The first-order chi connectivity index (χ1) is 11.1. The van der Waals surface area contributed by atoms with Crippen molar-refractivity contribution < 1.29 is 13.6 Å². The van der Waals surface area contributed by atoms with Crippen molar-refractivity contribution >= 4 is 5.91 Å². The third-order valence-electron chi connectivity index (χ3n) is 3.75. The molecule has 0 bridgehead atoms. The zero-order valence-corrected chi connectivity index (χ0v) is 13.7. The van der Waals surface area contributed by atoms with Crippen molar-refractivity contribution in [2.24, 2.45) is 0 Å². The number of aryl methyl sites for hydroxylation is 1. The fourth-order valence-electron chi connectivity index (χ4n) is 2.35. The lowest BCUT2D eigenvalue weighted by Gasteiger charge is -2.20. The van der Waals surface area contributed by atoms with Crippen LogP contribution in [0.2, 0.25) is 0 Å². The van der Waals surface area contributed by atoms with E-state index in [1.54, 1.807) is 18.3 Å². The molecule has 1 amide bonds. The van der Waals surface area contributed by atoms with Gasteiger partial charge in [-0.15, -0.1) is 0 Å². The number of hydrogen-bond acceptors (Lipinski definition) is 3. The van der Waals surface area contributed by atoms with Gasteiger partial charge in [-0.05, 0) is 37.6 Å². The summed E-state index contributed by atoms with van der Waals surface area (Å²) in [6, 6.07) is 6.06. The minimum atomic E-state index is -0.286. The number of halogens is 1. The molecule has 124 valence electrons. The van der Waals surface area contributed by atoms with Gasteiger partial charge in [0.15, 0.2) is 11.7 Å². The Hall–Kier alpha value is -2.17. The summed E-state index contributed by atoms with van der Waals surface area (Å²) < 4.78 is 18.6. The van der Waals surface area contributed by atoms with Crippen LogP contribution in [0.25, 0.3) is 11.3 Å². The Morgan fingerprint density at radius 1 is 1.26 bits per heavy atom. The molecule has 0 atom stereocenters. The van der Waals surface area contributed by atoms with Gasteiger partial charge in [-0.3, -0.25) is 4.79 Å². The van der Waals surface area contributed by atoms with Crippen LogP contribution in [0.3, 0.4) is 0 Å². The van der Waals surface area contributed by atoms with Gasteiger partial charge in [0, 0.05) is 31.5 Å². The monoisotopic (exact) mass is 318 g/mol. The fraction of sp³-hybridized carbons (Fsp3) is 0.444. The van der Waals surface area contributed by atoms with Crippen LogP contribution in [0, 0.1) is 5.82 Å². The van der Waals surface area contributed by atoms with Crippen molar-refractivity contribution in [2.75, 3.05) is 13.1 Å². The van der Waals surface area contributed by atoms with E-state index in [0.29, 0.717) is 24.5 Å². The molecule has 0 radical (unpaired) electrons. The second-order valence-corrected chi connectivity index (χ2v) is 5.45. The first kappa shape index (κ1) is 17.2. The lowest BCUT2D eigenvalue weighted by Crippen LogP contribution is -2.31. The molecule has 0 aliphatic heterocycles. The lowest BCUT2D eigenvalue weighted by molar-refractivity contribution is -0.131. The summed E-state index contributed by atoms with van der Waals surface area (Å²) >= 11 is 0. The second kappa shape index (κ2) is 8.46. The van der Waals surface area contributed by atoms with Gasteiger partial charge in [0.1, 0.15) is 5.82 Å².